The summed E-state index contributed by atoms with van der Waals surface area (Å²) in [6, 6.07) is 0.822. The number of halogens is 1. The summed E-state index contributed by atoms with van der Waals surface area (Å²) in [7, 11) is 2.55. The van der Waals surface area contributed by atoms with Crippen LogP contribution in [0.4, 0.5) is 0 Å². The quantitative estimate of drug-likeness (QED) is 0.208. The van der Waals surface area contributed by atoms with E-state index in [9.17, 15) is 0 Å². The molecular weight excluding hydrogens is 342 g/mol. The van der Waals surface area contributed by atoms with Gasteiger partial charge in [0.15, 0.2) is 0 Å². The van der Waals surface area contributed by atoms with Gasteiger partial charge in [-0.3, -0.25) is 0 Å². The van der Waals surface area contributed by atoms with Gasteiger partial charge >= 0.3 is 8.80 Å². The third-order valence-electron chi connectivity index (χ3n) is 5.10. The minimum Gasteiger partial charge on any atom is -0.377 e. The molecule has 0 aromatic heterocycles. The minimum atomic E-state index is -2.45. The monoisotopic (exact) mass is 383 g/mol. The summed E-state index contributed by atoms with van der Waals surface area (Å²) in [4.78, 5) is -0.154. The smallest absolute Gasteiger partial charge is 0.377 e. The molecule has 0 rings (SSSR count). The first-order valence-corrected chi connectivity index (χ1v) is 11.5. The molecule has 2 unspecified atom stereocenters. The average molecular weight is 384 g/mol. The van der Waals surface area contributed by atoms with Crippen molar-refractivity contribution < 1.29 is 13.3 Å². The van der Waals surface area contributed by atoms with Gasteiger partial charge in [-0.25, -0.2) is 0 Å². The van der Waals surface area contributed by atoms with Crippen LogP contribution in [0.2, 0.25) is 6.04 Å². The lowest BCUT2D eigenvalue weighted by atomic mass is 9.86. The molecule has 0 aromatic rings. The highest BCUT2D eigenvalue weighted by Gasteiger charge is 2.38. The van der Waals surface area contributed by atoms with Crippen molar-refractivity contribution in [3.05, 3.63) is 0 Å². The van der Waals surface area contributed by atoms with Crippen molar-refractivity contribution in [2.45, 2.75) is 89.5 Å². The van der Waals surface area contributed by atoms with Crippen molar-refractivity contribution in [1.29, 1.82) is 0 Å². The summed E-state index contributed by atoms with van der Waals surface area (Å²) in [6.07, 6.45) is 11.2. The zero-order chi connectivity index (χ0) is 17.8. The first kappa shape index (κ1) is 26.6. The number of alkyl halides is 1. The van der Waals surface area contributed by atoms with E-state index in [1.54, 1.807) is 21.3 Å². The lowest BCUT2D eigenvalue weighted by molar-refractivity contribution is 0.122. The second-order valence-corrected chi connectivity index (χ2v) is 10.8. The van der Waals surface area contributed by atoms with Crippen molar-refractivity contribution in [3.8, 4) is 0 Å². The lowest BCUT2D eigenvalue weighted by Crippen LogP contribution is -2.43. The maximum Gasteiger partial charge on any atom is 0.500 e. The highest BCUT2D eigenvalue weighted by molar-refractivity contribution is 6.60. The van der Waals surface area contributed by atoms with Gasteiger partial charge in [0.1, 0.15) is 0 Å². The highest BCUT2D eigenvalue weighted by Crippen LogP contribution is 2.35. The molecule has 3 N–H and O–H groups in total. The molecule has 0 saturated heterocycles. The number of rotatable bonds is 15. The Labute approximate surface area is 156 Å². The van der Waals surface area contributed by atoms with Crippen LogP contribution in [0.5, 0.6) is 0 Å². The Hall–Kier alpha value is 0.347. The summed E-state index contributed by atoms with van der Waals surface area (Å²) in [6.45, 7) is 6.72. The molecule has 0 aromatic carbocycles. The van der Waals surface area contributed by atoms with Crippen molar-refractivity contribution in [3.63, 3.8) is 0 Å². The maximum atomic E-state index is 6.80. The highest BCUT2D eigenvalue weighted by atomic mass is 35.5. The first-order valence-electron chi connectivity index (χ1n) is 9.21. The summed E-state index contributed by atoms with van der Waals surface area (Å²) < 4.78 is 16.4. The van der Waals surface area contributed by atoms with Crippen LogP contribution in [0.3, 0.4) is 0 Å². The van der Waals surface area contributed by atoms with Crippen LogP contribution in [0, 0.1) is 5.92 Å². The van der Waals surface area contributed by atoms with E-state index in [4.69, 9.17) is 24.9 Å². The zero-order valence-corrected chi connectivity index (χ0v) is 18.7. The van der Waals surface area contributed by atoms with Gasteiger partial charge in [0.2, 0.25) is 0 Å². The zero-order valence-electron chi connectivity index (χ0n) is 17.0. The van der Waals surface area contributed by atoms with E-state index < -0.39 is 8.80 Å². The van der Waals surface area contributed by atoms with Gasteiger partial charge in [-0.15, -0.1) is 11.6 Å². The fraction of sp³-hybridized carbons (Fsp3) is 1.00. The molecule has 0 heterocycles. The predicted octanol–water partition coefficient (Wildman–Crippen LogP) is 6.19. The van der Waals surface area contributed by atoms with Crippen LogP contribution in [0.15, 0.2) is 0 Å². The summed E-state index contributed by atoms with van der Waals surface area (Å²) in [5, 5.41) is 0. The standard InChI is InChI=1S/C18H39ClO3Si.H3N/c1-7-8-9-10-11-12-14-17(2)18(3,19)15-13-16-23(20-4,21-5)22-6;/h17H,7-16H2,1-6H3;1H3. The minimum absolute atomic E-state index is 0. The van der Waals surface area contributed by atoms with Crippen LogP contribution in [0.25, 0.3) is 0 Å². The fourth-order valence-corrected chi connectivity index (χ4v) is 4.95. The number of hydrogen-bond acceptors (Lipinski definition) is 4. The molecule has 0 amide bonds. The molecule has 24 heavy (non-hydrogen) atoms. The van der Waals surface area contributed by atoms with Gasteiger partial charge in [-0.05, 0) is 32.1 Å². The molecule has 0 aliphatic carbocycles. The third-order valence-corrected chi connectivity index (χ3v) is 8.49. The predicted molar refractivity (Wildman–Crippen MR) is 107 cm³/mol. The normalized spacial score (nSPS) is 15.6. The fourth-order valence-electron chi connectivity index (χ4n) is 2.98. The number of unbranched alkanes of at least 4 members (excludes halogenated alkanes) is 5. The van der Waals surface area contributed by atoms with Gasteiger partial charge in [0, 0.05) is 32.2 Å². The Kier molecular flexibility index (Phi) is 16.1. The molecule has 0 aliphatic rings. The molecule has 6 heteroatoms. The molecule has 0 bridgehead atoms. The van der Waals surface area contributed by atoms with Gasteiger partial charge in [0.25, 0.3) is 0 Å². The van der Waals surface area contributed by atoms with Crippen LogP contribution in [-0.4, -0.2) is 35.0 Å². The number of hydrogen-bond donors (Lipinski definition) is 1. The van der Waals surface area contributed by atoms with Crippen LogP contribution in [0.1, 0.15) is 78.6 Å². The molecule has 0 spiro atoms. The Morgan fingerprint density at radius 3 is 1.92 bits per heavy atom. The van der Waals surface area contributed by atoms with Crippen molar-refractivity contribution in [2.75, 3.05) is 21.3 Å². The van der Waals surface area contributed by atoms with E-state index >= 15 is 0 Å². The Morgan fingerprint density at radius 2 is 1.42 bits per heavy atom. The Morgan fingerprint density at radius 1 is 0.917 bits per heavy atom. The maximum absolute atomic E-state index is 6.80. The second-order valence-electron chi connectivity index (χ2n) is 6.88. The third kappa shape index (κ3) is 10.4. The van der Waals surface area contributed by atoms with E-state index in [-0.39, 0.29) is 11.0 Å². The largest absolute Gasteiger partial charge is 0.500 e. The molecular formula is C18H42ClNO3Si. The van der Waals surface area contributed by atoms with E-state index in [1.807, 2.05) is 0 Å². The van der Waals surface area contributed by atoms with Crippen LogP contribution >= 0.6 is 11.6 Å². The summed E-state index contributed by atoms with van der Waals surface area (Å²) in [5.41, 5.74) is 0. The van der Waals surface area contributed by atoms with E-state index in [1.165, 1.54) is 44.9 Å². The summed E-state index contributed by atoms with van der Waals surface area (Å²) in [5.74, 6) is 0.527. The SMILES string of the molecule is CCCCCCCCC(C)C(C)(Cl)CCC[Si](OC)(OC)OC.N. The molecule has 0 aliphatic heterocycles. The van der Waals surface area contributed by atoms with Crippen molar-refractivity contribution in [2.24, 2.45) is 5.92 Å². The molecule has 0 saturated carbocycles. The van der Waals surface area contributed by atoms with E-state index in [0.29, 0.717) is 5.92 Å². The molecule has 2 atom stereocenters. The summed E-state index contributed by atoms with van der Waals surface area (Å²) >= 11 is 6.80. The van der Waals surface area contributed by atoms with Crippen molar-refractivity contribution in [1.82, 2.24) is 6.15 Å². The van der Waals surface area contributed by atoms with E-state index in [0.717, 1.165) is 18.9 Å². The molecule has 0 fully saturated rings. The second kappa shape index (κ2) is 14.5. The van der Waals surface area contributed by atoms with Gasteiger partial charge in [0.05, 0.1) is 0 Å². The first-order chi connectivity index (χ1) is 10.9. The van der Waals surface area contributed by atoms with Gasteiger partial charge < -0.3 is 19.4 Å². The van der Waals surface area contributed by atoms with Gasteiger partial charge in [-0.2, -0.15) is 0 Å². The molecule has 4 nitrogen and oxygen atoms in total. The molecule has 0 radical (unpaired) electrons. The molecule has 148 valence electrons. The van der Waals surface area contributed by atoms with Crippen LogP contribution < -0.4 is 6.15 Å². The average Bonchev–Trinajstić information content (AvgIpc) is 2.55. The van der Waals surface area contributed by atoms with E-state index in [2.05, 4.69) is 20.8 Å². The topological polar surface area (TPSA) is 62.7 Å². The lowest BCUT2D eigenvalue weighted by Gasteiger charge is -2.31. The van der Waals surface area contributed by atoms with Crippen molar-refractivity contribution >= 4 is 20.4 Å². The Bertz CT molecular complexity index is 281. The van der Waals surface area contributed by atoms with Gasteiger partial charge in [-0.1, -0.05) is 52.4 Å². The van der Waals surface area contributed by atoms with Crippen LogP contribution in [-0.2, 0) is 13.3 Å². The Balaban J connectivity index is 0.